The first kappa shape index (κ1) is 13.1. The number of nitrogens with zero attached hydrogens (tertiary/aromatic N) is 4. The van der Waals surface area contributed by atoms with E-state index in [2.05, 4.69) is 15.0 Å². The second-order valence-electron chi connectivity index (χ2n) is 4.75. The van der Waals surface area contributed by atoms with E-state index in [1.165, 1.54) is 10.8 Å². The second-order valence-corrected chi connectivity index (χ2v) is 4.75. The molecule has 2 aromatic heterocycles. The van der Waals surface area contributed by atoms with E-state index in [1.54, 1.807) is 13.1 Å². The molecule has 0 aromatic carbocycles. The smallest absolute Gasteiger partial charge is 0.351 e. The Labute approximate surface area is 113 Å². The van der Waals surface area contributed by atoms with Crippen LogP contribution in [0.15, 0.2) is 17.2 Å². The molecule has 1 aliphatic rings. The molecule has 106 valence electrons. The molecule has 0 unspecified atom stereocenters. The molecule has 8 nitrogen and oxygen atoms in total. The molecule has 0 aliphatic carbocycles. The van der Waals surface area contributed by atoms with Gasteiger partial charge in [0.15, 0.2) is 5.65 Å². The minimum Gasteiger partial charge on any atom is -0.394 e. The van der Waals surface area contributed by atoms with E-state index in [9.17, 15) is 9.90 Å². The van der Waals surface area contributed by atoms with E-state index in [4.69, 9.17) is 9.84 Å². The van der Waals surface area contributed by atoms with Crippen LogP contribution in [-0.4, -0.2) is 48.5 Å². The molecule has 3 atom stereocenters. The molecule has 2 aromatic rings. The van der Waals surface area contributed by atoms with Gasteiger partial charge in [0.2, 0.25) is 0 Å². The SMILES string of the molecule is Cc1cnc2cnc(=O)n([C@H]3C[C@H](O)[C@@H](CO)O3)c2n1. The lowest BCUT2D eigenvalue weighted by molar-refractivity contribution is -0.0445. The van der Waals surface area contributed by atoms with Crippen LogP contribution < -0.4 is 5.69 Å². The Balaban J connectivity index is 2.13. The number of aliphatic hydroxyl groups excluding tert-OH is 2. The van der Waals surface area contributed by atoms with Gasteiger partial charge in [-0.3, -0.25) is 0 Å². The first-order valence-electron chi connectivity index (χ1n) is 6.25. The quantitative estimate of drug-likeness (QED) is 0.735. The number of ether oxygens (including phenoxy) is 1. The largest absolute Gasteiger partial charge is 0.394 e. The molecule has 1 saturated heterocycles. The van der Waals surface area contributed by atoms with Crippen LogP contribution in [0.4, 0.5) is 0 Å². The van der Waals surface area contributed by atoms with Crippen molar-refractivity contribution in [3.63, 3.8) is 0 Å². The van der Waals surface area contributed by atoms with Crippen molar-refractivity contribution < 1.29 is 14.9 Å². The van der Waals surface area contributed by atoms with Crippen molar-refractivity contribution in [2.45, 2.75) is 31.8 Å². The Morgan fingerprint density at radius 1 is 1.45 bits per heavy atom. The fourth-order valence-corrected chi connectivity index (χ4v) is 2.31. The zero-order chi connectivity index (χ0) is 14.3. The molecular formula is C12H14N4O4. The van der Waals surface area contributed by atoms with Crippen LogP contribution in [0.1, 0.15) is 18.3 Å². The third-order valence-electron chi connectivity index (χ3n) is 3.31. The summed E-state index contributed by atoms with van der Waals surface area (Å²) < 4.78 is 6.76. The number of aryl methyl sites for hydroxylation is 1. The van der Waals surface area contributed by atoms with Gasteiger partial charge in [0.25, 0.3) is 0 Å². The van der Waals surface area contributed by atoms with Crippen LogP contribution in [0.25, 0.3) is 11.2 Å². The third-order valence-corrected chi connectivity index (χ3v) is 3.31. The van der Waals surface area contributed by atoms with E-state index in [-0.39, 0.29) is 13.0 Å². The number of hydrogen-bond donors (Lipinski definition) is 2. The average molecular weight is 278 g/mol. The van der Waals surface area contributed by atoms with Crippen LogP contribution in [-0.2, 0) is 4.74 Å². The Morgan fingerprint density at radius 2 is 2.25 bits per heavy atom. The van der Waals surface area contributed by atoms with Crippen molar-refractivity contribution in [3.8, 4) is 0 Å². The van der Waals surface area contributed by atoms with Crippen LogP contribution in [0.3, 0.4) is 0 Å². The molecule has 8 heteroatoms. The van der Waals surface area contributed by atoms with Crippen molar-refractivity contribution in [2.75, 3.05) is 6.61 Å². The number of aromatic nitrogens is 4. The number of aliphatic hydroxyl groups is 2. The fraction of sp³-hybridized carbons (Fsp3) is 0.500. The molecule has 3 rings (SSSR count). The van der Waals surface area contributed by atoms with Crippen molar-refractivity contribution >= 4 is 11.2 Å². The summed E-state index contributed by atoms with van der Waals surface area (Å²) in [5, 5.41) is 18.9. The van der Waals surface area contributed by atoms with Crippen molar-refractivity contribution in [2.24, 2.45) is 0 Å². The van der Waals surface area contributed by atoms with Gasteiger partial charge in [-0.1, -0.05) is 0 Å². The summed E-state index contributed by atoms with van der Waals surface area (Å²) in [4.78, 5) is 24.2. The standard InChI is InChI=1S/C12H14N4O4/c1-6-3-13-7-4-14-12(19)16(11(7)15-6)10-2-8(18)9(5-17)20-10/h3-4,8-10,17-18H,2,5H2,1H3/t8-,9+,10+/m0/s1. The van der Waals surface area contributed by atoms with E-state index in [1.807, 2.05) is 0 Å². The van der Waals surface area contributed by atoms with Gasteiger partial charge in [-0.25, -0.2) is 19.3 Å². The van der Waals surface area contributed by atoms with Gasteiger partial charge in [0, 0.05) is 12.6 Å². The molecule has 0 spiro atoms. The first-order valence-corrected chi connectivity index (χ1v) is 6.25. The molecule has 3 heterocycles. The predicted molar refractivity (Wildman–Crippen MR) is 67.9 cm³/mol. The lowest BCUT2D eigenvalue weighted by Gasteiger charge is -2.15. The van der Waals surface area contributed by atoms with E-state index in [0.717, 1.165) is 0 Å². The van der Waals surface area contributed by atoms with Gasteiger partial charge in [0.1, 0.15) is 17.8 Å². The maximum absolute atomic E-state index is 12.0. The van der Waals surface area contributed by atoms with E-state index in [0.29, 0.717) is 16.9 Å². The van der Waals surface area contributed by atoms with Crippen LogP contribution >= 0.6 is 0 Å². The minimum absolute atomic E-state index is 0.196. The highest BCUT2D eigenvalue weighted by atomic mass is 16.5. The molecule has 2 N–H and O–H groups in total. The molecular weight excluding hydrogens is 264 g/mol. The maximum atomic E-state index is 12.0. The highest BCUT2D eigenvalue weighted by Crippen LogP contribution is 2.28. The lowest BCUT2D eigenvalue weighted by atomic mass is 10.2. The van der Waals surface area contributed by atoms with Crippen LogP contribution in [0, 0.1) is 6.92 Å². The van der Waals surface area contributed by atoms with Gasteiger partial charge < -0.3 is 14.9 Å². The summed E-state index contributed by atoms with van der Waals surface area (Å²) in [6.07, 6.45) is 0.892. The Bertz CT molecular complexity index is 701. The van der Waals surface area contributed by atoms with Crippen LogP contribution in [0.2, 0.25) is 0 Å². The zero-order valence-electron chi connectivity index (χ0n) is 10.8. The van der Waals surface area contributed by atoms with Gasteiger partial charge in [0.05, 0.1) is 24.6 Å². The Morgan fingerprint density at radius 3 is 2.95 bits per heavy atom. The molecule has 0 bridgehead atoms. The van der Waals surface area contributed by atoms with Gasteiger partial charge in [-0.15, -0.1) is 0 Å². The maximum Gasteiger partial charge on any atom is 0.351 e. The molecule has 20 heavy (non-hydrogen) atoms. The topological polar surface area (TPSA) is 110 Å². The monoisotopic (exact) mass is 278 g/mol. The van der Waals surface area contributed by atoms with Crippen molar-refractivity contribution in [1.29, 1.82) is 0 Å². The first-order chi connectivity index (χ1) is 9.60. The molecule has 0 saturated carbocycles. The zero-order valence-corrected chi connectivity index (χ0v) is 10.8. The summed E-state index contributed by atoms with van der Waals surface area (Å²) >= 11 is 0. The van der Waals surface area contributed by atoms with Gasteiger partial charge >= 0.3 is 5.69 Å². The normalized spacial score (nSPS) is 26.2. The summed E-state index contributed by atoms with van der Waals surface area (Å²) in [6.45, 7) is 1.46. The van der Waals surface area contributed by atoms with E-state index < -0.39 is 24.1 Å². The molecule has 0 amide bonds. The van der Waals surface area contributed by atoms with Crippen molar-refractivity contribution in [3.05, 3.63) is 28.6 Å². The summed E-state index contributed by atoms with van der Waals surface area (Å²) in [7, 11) is 0. The third kappa shape index (κ3) is 2.07. The predicted octanol–water partition coefficient (Wildman–Crippen LogP) is -0.864. The highest BCUT2D eigenvalue weighted by Gasteiger charge is 2.36. The summed E-state index contributed by atoms with van der Waals surface area (Å²) in [6, 6.07) is 0. The van der Waals surface area contributed by atoms with Gasteiger partial charge in [-0.05, 0) is 6.92 Å². The molecule has 1 aliphatic heterocycles. The molecule has 0 radical (unpaired) electrons. The van der Waals surface area contributed by atoms with Crippen molar-refractivity contribution in [1.82, 2.24) is 19.5 Å². The lowest BCUT2D eigenvalue weighted by Crippen LogP contribution is -2.28. The van der Waals surface area contributed by atoms with Gasteiger partial charge in [-0.2, -0.15) is 4.98 Å². The van der Waals surface area contributed by atoms with E-state index >= 15 is 0 Å². The number of hydrogen-bond acceptors (Lipinski definition) is 7. The number of fused-ring (bicyclic) bond motifs is 1. The number of rotatable bonds is 2. The second kappa shape index (κ2) is 4.89. The summed E-state index contributed by atoms with van der Waals surface area (Å²) in [5.74, 6) is 0. The minimum atomic E-state index is -0.829. The molecule has 1 fully saturated rings. The Kier molecular flexibility index (Phi) is 3.20. The fourth-order valence-electron chi connectivity index (χ4n) is 2.31. The average Bonchev–Trinajstić information content (AvgIpc) is 2.79. The highest BCUT2D eigenvalue weighted by molar-refractivity contribution is 5.68. The summed E-state index contributed by atoms with van der Waals surface area (Å²) in [5.41, 5.74) is 0.976. The van der Waals surface area contributed by atoms with Crippen LogP contribution in [0.5, 0.6) is 0 Å². The Hall–Kier alpha value is -1.90.